The molecule has 0 radical (unpaired) electrons. The van der Waals surface area contributed by atoms with E-state index in [4.69, 9.17) is 0 Å². The molecule has 6 heteroatoms. The molecule has 2 aromatic carbocycles. The van der Waals surface area contributed by atoms with Gasteiger partial charge in [-0.1, -0.05) is 43.3 Å². The highest BCUT2D eigenvalue weighted by Crippen LogP contribution is 2.31. The highest BCUT2D eigenvalue weighted by atomic mass is 16.2. The number of likely N-dealkylation sites (N-methyl/N-ethyl adjacent to an activating group) is 1. The van der Waals surface area contributed by atoms with Crippen LogP contribution < -0.4 is 5.32 Å². The Hall–Kier alpha value is -2.89. The molecule has 158 valence electrons. The first-order valence-corrected chi connectivity index (χ1v) is 10.7. The Balaban J connectivity index is 1.51. The van der Waals surface area contributed by atoms with Crippen molar-refractivity contribution in [2.45, 2.75) is 51.1 Å². The van der Waals surface area contributed by atoms with Gasteiger partial charge in [-0.25, -0.2) is 4.79 Å². The van der Waals surface area contributed by atoms with Crippen molar-refractivity contribution in [3.05, 3.63) is 48.0 Å². The van der Waals surface area contributed by atoms with Gasteiger partial charge in [-0.3, -0.25) is 14.5 Å². The Morgan fingerprint density at radius 2 is 1.77 bits per heavy atom. The minimum atomic E-state index is -1.18. The van der Waals surface area contributed by atoms with Gasteiger partial charge in [0.15, 0.2) is 0 Å². The van der Waals surface area contributed by atoms with E-state index in [1.807, 2.05) is 42.5 Å². The molecule has 1 N–H and O–H groups in total. The maximum absolute atomic E-state index is 13.2. The number of urea groups is 1. The van der Waals surface area contributed by atoms with Crippen molar-refractivity contribution in [2.75, 3.05) is 13.6 Å². The molecule has 2 fully saturated rings. The van der Waals surface area contributed by atoms with E-state index in [0.29, 0.717) is 11.5 Å². The van der Waals surface area contributed by atoms with E-state index in [1.54, 1.807) is 18.9 Å². The van der Waals surface area contributed by atoms with Crippen LogP contribution in [0.25, 0.3) is 10.8 Å². The number of hydrogen-bond acceptors (Lipinski definition) is 3. The summed E-state index contributed by atoms with van der Waals surface area (Å²) < 4.78 is 0. The number of benzene rings is 2. The quantitative estimate of drug-likeness (QED) is 0.787. The molecule has 1 aliphatic carbocycles. The van der Waals surface area contributed by atoms with Gasteiger partial charge in [0.25, 0.3) is 5.91 Å². The Morgan fingerprint density at radius 1 is 1.10 bits per heavy atom. The number of carbonyl (C=O) groups is 3. The number of nitrogens with zero attached hydrogens (tertiary/aromatic N) is 2. The molecule has 1 atom stereocenters. The van der Waals surface area contributed by atoms with Crippen LogP contribution in [-0.4, -0.2) is 47.3 Å². The maximum Gasteiger partial charge on any atom is 0.325 e. The van der Waals surface area contributed by atoms with Crippen LogP contribution in [0, 0.1) is 5.92 Å². The molecule has 0 spiro atoms. The van der Waals surface area contributed by atoms with Crippen LogP contribution in [0.3, 0.4) is 0 Å². The van der Waals surface area contributed by atoms with Crippen molar-refractivity contribution in [1.29, 1.82) is 0 Å². The number of amides is 4. The first kappa shape index (κ1) is 20.4. The third kappa shape index (κ3) is 3.55. The minimum Gasteiger partial charge on any atom is -0.341 e. The van der Waals surface area contributed by atoms with Crippen molar-refractivity contribution in [2.24, 2.45) is 5.92 Å². The van der Waals surface area contributed by atoms with E-state index in [1.165, 1.54) is 0 Å². The Kier molecular flexibility index (Phi) is 5.26. The van der Waals surface area contributed by atoms with Gasteiger partial charge in [-0.05, 0) is 60.9 Å². The zero-order valence-electron chi connectivity index (χ0n) is 17.9. The van der Waals surface area contributed by atoms with Gasteiger partial charge in [-0.15, -0.1) is 0 Å². The van der Waals surface area contributed by atoms with E-state index in [-0.39, 0.29) is 24.4 Å². The molecular formula is C24H29N3O3. The minimum absolute atomic E-state index is 0.182. The molecule has 0 aromatic heterocycles. The molecule has 4 rings (SSSR count). The third-order valence-corrected chi connectivity index (χ3v) is 6.82. The average Bonchev–Trinajstić information content (AvgIpc) is 2.97. The molecule has 1 saturated heterocycles. The molecule has 0 bridgehead atoms. The van der Waals surface area contributed by atoms with Crippen LogP contribution in [0.2, 0.25) is 0 Å². The second kappa shape index (κ2) is 7.74. The topological polar surface area (TPSA) is 69.7 Å². The molecule has 1 heterocycles. The third-order valence-electron chi connectivity index (χ3n) is 6.82. The highest BCUT2D eigenvalue weighted by molar-refractivity contribution is 6.09. The largest absolute Gasteiger partial charge is 0.341 e. The SMILES string of the molecule is CC1CCC(N(C)C(=O)CN2C(=O)N[C@@](C)(c3ccc4ccccc4c3)C2=O)CC1. The van der Waals surface area contributed by atoms with E-state index in [0.717, 1.165) is 41.4 Å². The lowest BCUT2D eigenvalue weighted by Crippen LogP contribution is -2.47. The van der Waals surface area contributed by atoms with E-state index in [9.17, 15) is 14.4 Å². The summed E-state index contributed by atoms with van der Waals surface area (Å²) in [6.07, 6.45) is 4.15. The van der Waals surface area contributed by atoms with Crippen LogP contribution in [-0.2, 0) is 15.1 Å². The van der Waals surface area contributed by atoms with Crippen molar-refractivity contribution in [1.82, 2.24) is 15.1 Å². The van der Waals surface area contributed by atoms with Crippen molar-refractivity contribution < 1.29 is 14.4 Å². The molecule has 1 aliphatic heterocycles. The van der Waals surface area contributed by atoms with E-state index >= 15 is 0 Å². The van der Waals surface area contributed by atoms with Gasteiger partial charge >= 0.3 is 6.03 Å². The predicted molar refractivity (Wildman–Crippen MR) is 116 cm³/mol. The summed E-state index contributed by atoms with van der Waals surface area (Å²) in [6, 6.07) is 13.3. The Morgan fingerprint density at radius 3 is 2.47 bits per heavy atom. The second-order valence-electron chi connectivity index (χ2n) is 8.93. The van der Waals surface area contributed by atoms with Crippen molar-refractivity contribution in [3.8, 4) is 0 Å². The van der Waals surface area contributed by atoms with Gasteiger partial charge in [0.2, 0.25) is 5.91 Å². The first-order valence-electron chi connectivity index (χ1n) is 10.7. The summed E-state index contributed by atoms with van der Waals surface area (Å²) in [4.78, 5) is 41.5. The number of fused-ring (bicyclic) bond motifs is 1. The summed E-state index contributed by atoms with van der Waals surface area (Å²) in [5.74, 6) is 0.112. The second-order valence-corrected chi connectivity index (χ2v) is 8.93. The maximum atomic E-state index is 13.2. The number of nitrogens with one attached hydrogen (secondary N) is 1. The van der Waals surface area contributed by atoms with Gasteiger partial charge in [0.1, 0.15) is 12.1 Å². The zero-order chi connectivity index (χ0) is 21.5. The van der Waals surface area contributed by atoms with Crippen LogP contribution in [0.4, 0.5) is 4.79 Å². The zero-order valence-corrected chi connectivity index (χ0v) is 17.9. The molecule has 1 saturated carbocycles. The fraction of sp³-hybridized carbons (Fsp3) is 0.458. The summed E-state index contributed by atoms with van der Waals surface area (Å²) in [7, 11) is 1.78. The summed E-state index contributed by atoms with van der Waals surface area (Å²) in [6.45, 7) is 3.71. The fourth-order valence-electron chi connectivity index (χ4n) is 4.62. The molecule has 6 nitrogen and oxygen atoms in total. The van der Waals surface area contributed by atoms with E-state index in [2.05, 4.69) is 12.2 Å². The van der Waals surface area contributed by atoms with Gasteiger partial charge in [0.05, 0.1) is 0 Å². The molecule has 2 aliphatic rings. The van der Waals surface area contributed by atoms with Crippen LogP contribution in [0.1, 0.15) is 45.1 Å². The van der Waals surface area contributed by atoms with Gasteiger partial charge in [-0.2, -0.15) is 0 Å². The number of imide groups is 1. The van der Waals surface area contributed by atoms with Crippen LogP contribution >= 0.6 is 0 Å². The summed E-state index contributed by atoms with van der Waals surface area (Å²) in [5.41, 5.74) is -0.468. The van der Waals surface area contributed by atoms with E-state index < -0.39 is 11.6 Å². The molecular weight excluding hydrogens is 378 g/mol. The summed E-state index contributed by atoms with van der Waals surface area (Å²) >= 11 is 0. The standard InChI is InChI=1S/C24H29N3O3/c1-16-8-12-20(13-9-16)26(3)21(28)15-27-22(29)24(2,25-23(27)30)19-11-10-17-6-4-5-7-18(17)14-19/h4-7,10-11,14,16,20H,8-9,12-13,15H2,1-3H3,(H,25,30)/t16?,20?,24-/m0/s1. The lowest BCUT2D eigenvalue weighted by atomic mass is 9.87. The molecule has 4 amide bonds. The fourth-order valence-corrected chi connectivity index (χ4v) is 4.62. The number of hydrogen-bond donors (Lipinski definition) is 1. The summed E-state index contributed by atoms with van der Waals surface area (Å²) in [5, 5.41) is 4.87. The smallest absolute Gasteiger partial charge is 0.325 e. The first-order chi connectivity index (χ1) is 14.3. The number of rotatable bonds is 4. The van der Waals surface area contributed by atoms with Crippen molar-refractivity contribution in [3.63, 3.8) is 0 Å². The molecule has 30 heavy (non-hydrogen) atoms. The monoisotopic (exact) mass is 407 g/mol. The predicted octanol–water partition coefficient (Wildman–Crippen LogP) is 3.64. The highest BCUT2D eigenvalue weighted by Gasteiger charge is 2.49. The molecule has 2 aromatic rings. The van der Waals surface area contributed by atoms with Gasteiger partial charge < -0.3 is 10.2 Å². The van der Waals surface area contributed by atoms with Crippen LogP contribution in [0.5, 0.6) is 0 Å². The Bertz CT molecular complexity index is 996. The van der Waals surface area contributed by atoms with Gasteiger partial charge in [0, 0.05) is 13.1 Å². The lowest BCUT2D eigenvalue weighted by Gasteiger charge is -2.34. The number of carbonyl (C=O) groups excluding carboxylic acids is 3. The van der Waals surface area contributed by atoms with Crippen molar-refractivity contribution >= 4 is 28.6 Å². The average molecular weight is 408 g/mol. The Labute approximate surface area is 177 Å². The molecule has 0 unspecified atom stereocenters. The lowest BCUT2D eigenvalue weighted by molar-refractivity contribution is -0.139. The normalized spacial score (nSPS) is 26.7. The van der Waals surface area contributed by atoms with Crippen LogP contribution in [0.15, 0.2) is 42.5 Å².